The fourth-order valence-corrected chi connectivity index (χ4v) is 4.41. The molecule has 0 radical (unpaired) electrons. The molecule has 158 valence electrons. The van der Waals surface area contributed by atoms with Gasteiger partial charge in [0.1, 0.15) is 0 Å². The Morgan fingerprint density at radius 3 is 2.37 bits per heavy atom. The van der Waals surface area contributed by atoms with Crippen molar-refractivity contribution in [3.8, 4) is 17.1 Å². The number of nitrogens with zero attached hydrogens (tertiary/aromatic N) is 5. The average Bonchev–Trinajstić information content (AvgIpc) is 3.10. The number of pyridine rings is 1. The molecule has 0 amide bonds. The maximum absolute atomic E-state index is 9.83. The number of aliphatic hydroxyl groups is 1. The molecule has 1 aliphatic heterocycles. The minimum absolute atomic E-state index is 0.193. The van der Waals surface area contributed by atoms with E-state index in [4.69, 9.17) is 17.3 Å². The summed E-state index contributed by atoms with van der Waals surface area (Å²) >= 11 is 5.97. The molecule has 1 fully saturated rings. The van der Waals surface area contributed by atoms with Crippen LogP contribution in [0.3, 0.4) is 0 Å². The van der Waals surface area contributed by atoms with Crippen LogP contribution in [0.15, 0.2) is 42.7 Å². The van der Waals surface area contributed by atoms with Crippen molar-refractivity contribution in [1.29, 1.82) is 0 Å². The van der Waals surface area contributed by atoms with E-state index >= 15 is 0 Å². The summed E-state index contributed by atoms with van der Waals surface area (Å²) in [6.07, 6.45) is 6.86. The summed E-state index contributed by atoms with van der Waals surface area (Å²) in [5.41, 5.74) is 4.61. The summed E-state index contributed by atoms with van der Waals surface area (Å²) in [5.74, 6) is 0.820. The van der Waals surface area contributed by atoms with E-state index in [9.17, 15) is 5.11 Å². The molecule has 3 heterocycles. The molecule has 4 rings (SSSR count). The second-order valence-corrected chi connectivity index (χ2v) is 8.17. The highest BCUT2D eigenvalue weighted by atomic mass is 32.1. The first-order valence-electron chi connectivity index (χ1n) is 10.7. The van der Waals surface area contributed by atoms with Crippen LogP contribution >= 0.6 is 12.2 Å². The lowest BCUT2D eigenvalue weighted by Crippen LogP contribution is -2.37. The first-order chi connectivity index (χ1) is 14.6. The number of rotatable bonds is 6. The zero-order valence-electron chi connectivity index (χ0n) is 17.7. The molecule has 7 heteroatoms. The number of hydrogen-bond acceptors (Lipinski definition) is 5. The first-order valence-corrected chi connectivity index (χ1v) is 11.1. The molecule has 3 aromatic rings. The molecule has 0 aliphatic carbocycles. The number of hydrogen-bond donors (Lipinski definition) is 1. The van der Waals surface area contributed by atoms with Gasteiger partial charge in [-0.3, -0.25) is 14.5 Å². The molecule has 1 aliphatic rings. The van der Waals surface area contributed by atoms with Gasteiger partial charge in [0.15, 0.2) is 5.82 Å². The summed E-state index contributed by atoms with van der Waals surface area (Å²) in [7, 11) is 0. The fourth-order valence-electron chi connectivity index (χ4n) is 4.14. The Balaban J connectivity index is 1.86. The molecule has 0 unspecified atom stereocenters. The fraction of sp³-hybridized carbons (Fsp3) is 0.435. The Hall–Kier alpha value is -2.35. The van der Waals surface area contributed by atoms with Gasteiger partial charge in [-0.25, -0.2) is 4.68 Å². The van der Waals surface area contributed by atoms with Gasteiger partial charge in [0.25, 0.3) is 0 Å². The number of aromatic nitrogens is 4. The molecule has 0 spiro atoms. The highest BCUT2D eigenvalue weighted by Crippen LogP contribution is 2.28. The van der Waals surface area contributed by atoms with Crippen molar-refractivity contribution in [2.24, 2.45) is 0 Å². The number of para-hydroxylation sites is 1. The van der Waals surface area contributed by atoms with Crippen LogP contribution in [-0.4, -0.2) is 48.5 Å². The second-order valence-electron chi connectivity index (χ2n) is 7.81. The summed E-state index contributed by atoms with van der Waals surface area (Å²) in [6.45, 7) is 6.68. The van der Waals surface area contributed by atoms with E-state index in [-0.39, 0.29) is 6.10 Å². The summed E-state index contributed by atoms with van der Waals surface area (Å²) < 4.78 is 4.74. The zero-order valence-corrected chi connectivity index (χ0v) is 18.5. The van der Waals surface area contributed by atoms with Crippen LogP contribution in [0.4, 0.5) is 0 Å². The average molecular weight is 424 g/mol. The number of benzene rings is 1. The molecule has 1 saturated heterocycles. The van der Waals surface area contributed by atoms with Gasteiger partial charge in [-0.15, -0.1) is 5.10 Å². The highest BCUT2D eigenvalue weighted by molar-refractivity contribution is 7.71. The third-order valence-electron chi connectivity index (χ3n) is 5.84. The SMILES string of the molecule is CCc1cccc(CC)c1-n1c(-c2cccnc2)nn(CN2CCC(O)CC2)c1=S. The van der Waals surface area contributed by atoms with E-state index in [0.717, 1.165) is 55.8 Å². The van der Waals surface area contributed by atoms with Gasteiger partial charge in [0.2, 0.25) is 4.77 Å². The number of likely N-dealkylation sites (tertiary alicyclic amines) is 1. The summed E-state index contributed by atoms with van der Waals surface area (Å²) in [4.78, 5) is 6.61. The molecule has 0 bridgehead atoms. The van der Waals surface area contributed by atoms with Gasteiger partial charge in [-0.1, -0.05) is 32.0 Å². The highest BCUT2D eigenvalue weighted by Gasteiger charge is 2.22. The van der Waals surface area contributed by atoms with Gasteiger partial charge >= 0.3 is 0 Å². The molecular weight excluding hydrogens is 394 g/mol. The Bertz CT molecular complexity index is 1030. The Labute approximate surface area is 182 Å². The van der Waals surface area contributed by atoms with Crippen molar-refractivity contribution in [3.63, 3.8) is 0 Å². The van der Waals surface area contributed by atoms with Crippen molar-refractivity contribution in [2.75, 3.05) is 13.1 Å². The van der Waals surface area contributed by atoms with E-state index in [1.807, 2.05) is 23.0 Å². The van der Waals surface area contributed by atoms with Crippen LogP contribution in [0.2, 0.25) is 0 Å². The van der Waals surface area contributed by atoms with Crippen LogP contribution in [0.5, 0.6) is 0 Å². The van der Waals surface area contributed by atoms with Crippen molar-refractivity contribution in [3.05, 3.63) is 58.6 Å². The van der Waals surface area contributed by atoms with Crippen LogP contribution in [0.1, 0.15) is 37.8 Å². The summed E-state index contributed by atoms with van der Waals surface area (Å²) in [6, 6.07) is 10.4. The van der Waals surface area contributed by atoms with E-state index in [2.05, 4.69) is 46.5 Å². The lowest BCUT2D eigenvalue weighted by Gasteiger charge is -2.28. The number of piperidine rings is 1. The van der Waals surface area contributed by atoms with E-state index in [1.54, 1.807) is 6.20 Å². The van der Waals surface area contributed by atoms with Gasteiger partial charge in [0, 0.05) is 31.0 Å². The van der Waals surface area contributed by atoms with Gasteiger partial charge < -0.3 is 5.11 Å². The molecule has 30 heavy (non-hydrogen) atoms. The quantitative estimate of drug-likeness (QED) is 0.607. The third kappa shape index (κ3) is 4.10. The minimum atomic E-state index is -0.193. The lowest BCUT2D eigenvalue weighted by atomic mass is 10.0. The van der Waals surface area contributed by atoms with Crippen molar-refractivity contribution in [1.82, 2.24) is 24.2 Å². The monoisotopic (exact) mass is 423 g/mol. The maximum Gasteiger partial charge on any atom is 0.204 e. The first kappa shape index (κ1) is 20.9. The Morgan fingerprint density at radius 2 is 1.77 bits per heavy atom. The second kappa shape index (κ2) is 9.20. The topological polar surface area (TPSA) is 59.1 Å². The zero-order chi connectivity index (χ0) is 21.1. The molecule has 0 atom stereocenters. The molecule has 0 saturated carbocycles. The molecule has 1 aromatic carbocycles. The largest absolute Gasteiger partial charge is 0.393 e. The Morgan fingerprint density at radius 1 is 1.07 bits per heavy atom. The molecule has 6 nitrogen and oxygen atoms in total. The van der Waals surface area contributed by atoms with Crippen LogP contribution in [0.25, 0.3) is 17.1 Å². The Kier molecular flexibility index (Phi) is 6.41. The number of aryl methyl sites for hydroxylation is 2. The summed E-state index contributed by atoms with van der Waals surface area (Å²) in [5, 5.41) is 14.8. The van der Waals surface area contributed by atoms with Crippen LogP contribution in [-0.2, 0) is 19.5 Å². The predicted molar refractivity (Wildman–Crippen MR) is 121 cm³/mol. The van der Waals surface area contributed by atoms with E-state index in [0.29, 0.717) is 11.4 Å². The molecule has 2 aromatic heterocycles. The standard InChI is InChI=1S/C23H29N5OS/c1-3-17-7-5-8-18(4-2)21(17)28-22(19-9-6-12-24-15-19)25-27(23(28)30)16-26-13-10-20(29)11-14-26/h5-9,12,15,20,29H,3-4,10-11,13-14,16H2,1-2H3. The molecular formula is C23H29N5OS. The van der Waals surface area contributed by atoms with Crippen molar-refractivity contribution >= 4 is 12.2 Å². The smallest absolute Gasteiger partial charge is 0.204 e. The van der Waals surface area contributed by atoms with Crippen LogP contribution < -0.4 is 0 Å². The van der Waals surface area contributed by atoms with Gasteiger partial charge in [-0.2, -0.15) is 0 Å². The van der Waals surface area contributed by atoms with Gasteiger partial charge in [0.05, 0.1) is 18.5 Å². The van der Waals surface area contributed by atoms with E-state index < -0.39 is 0 Å². The van der Waals surface area contributed by atoms with E-state index in [1.165, 1.54) is 11.1 Å². The normalized spacial score (nSPS) is 15.6. The predicted octanol–water partition coefficient (Wildman–Crippen LogP) is 4.00. The van der Waals surface area contributed by atoms with Gasteiger partial charge in [-0.05, 0) is 61.2 Å². The van der Waals surface area contributed by atoms with Crippen molar-refractivity contribution in [2.45, 2.75) is 52.3 Å². The molecule has 1 N–H and O–H groups in total. The maximum atomic E-state index is 9.83. The number of aliphatic hydroxyl groups excluding tert-OH is 1. The minimum Gasteiger partial charge on any atom is -0.393 e. The van der Waals surface area contributed by atoms with Crippen molar-refractivity contribution < 1.29 is 5.11 Å². The lowest BCUT2D eigenvalue weighted by molar-refractivity contribution is 0.0651. The van der Waals surface area contributed by atoms with Crippen LogP contribution in [0, 0.1) is 4.77 Å². The third-order valence-corrected chi connectivity index (χ3v) is 6.23.